The highest BCUT2D eigenvalue weighted by molar-refractivity contribution is 8.00. The van der Waals surface area contributed by atoms with Crippen molar-refractivity contribution in [3.63, 3.8) is 0 Å². The number of anilines is 1. The van der Waals surface area contributed by atoms with Gasteiger partial charge in [-0.25, -0.2) is 4.98 Å². The summed E-state index contributed by atoms with van der Waals surface area (Å²) in [5.74, 6) is 0.510. The van der Waals surface area contributed by atoms with Gasteiger partial charge in [0.05, 0.1) is 24.1 Å². The lowest BCUT2D eigenvalue weighted by Crippen LogP contribution is -2.14. The van der Waals surface area contributed by atoms with Crippen LogP contribution in [-0.4, -0.2) is 29.5 Å². The molecule has 0 aliphatic carbocycles. The van der Waals surface area contributed by atoms with E-state index < -0.39 is 0 Å². The average Bonchev–Trinajstić information content (AvgIpc) is 2.92. The zero-order chi connectivity index (χ0) is 25.5. The lowest BCUT2D eigenvalue weighted by Gasteiger charge is -2.13. The number of rotatable bonds is 8. The van der Waals surface area contributed by atoms with Gasteiger partial charge in [0.2, 0.25) is 5.91 Å². The smallest absolute Gasteiger partial charge is 0.234 e. The Kier molecular flexibility index (Phi) is 7.79. The number of benzene rings is 3. The Labute approximate surface area is 214 Å². The number of nitriles is 1. The summed E-state index contributed by atoms with van der Waals surface area (Å²) in [5.41, 5.74) is 4.78. The summed E-state index contributed by atoms with van der Waals surface area (Å²) in [7, 11) is 1.60. The van der Waals surface area contributed by atoms with Crippen LogP contribution in [0.4, 0.5) is 5.69 Å². The fraction of sp³-hybridized carbons (Fsp3) is 0.103. The predicted molar refractivity (Wildman–Crippen MR) is 142 cm³/mol. The first-order chi connectivity index (χ1) is 17.5. The molecule has 0 aliphatic rings. The van der Waals surface area contributed by atoms with Gasteiger partial charge in [-0.15, -0.1) is 0 Å². The molecule has 6 nitrogen and oxygen atoms in total. The van der Waals surface area contributed by atoms with E-state index >= 15 is 0 Å². The fourth-order valence-corrected chi connectivity index (χ4v) is 4.41. The number of ketones is 1. The molecule has 7 heteroatoms. The fourth-order valence-electron chi connectivity index (χ4n) is 3.61. The van der Waals surface area contributed by atoms with Gasteiger partial charge in [0.1, 0.15) is 16.8 Å². The Morgan fingerprint density at radius 2 is 1.67 bits per heavy atom. The average molecular weight is 494 g/mol. The van der Waals surface area contributed by atoms with Gasteiger partial charge < -0.3 is 10.1 Å². The number of carbonyl (C=O) groups is 2. The molecule has 0 bridgehead atoms. The second kappa shape index (κ2) is 11.3. The molecule has 0 saturated heterocycles. The van der Waals surface area contributed by atoms with Crippen molar-refractivity contribution in [2.45, 2.75) is 11.9 Å². The minimum Gasteiger partial charge on any atom is -0.497 e. The molecular weight excluding hydrogens is 470 g/mol. The number of ether oxygens (including phenoxy) is 1. The van der Waals surface area contributed by atoms with Gasteiger partial charge in [-0.3, -0.25) is 9.59 Å². The van der Waals surface area contributed by atoms with Crippen LogP contribution in [0, 0.1) is 11.3 Å². The molecule has 1 N–H and O–H groups in total. The third kappa shape index (κ3) is 5.80. The summed E-state index contributed by atoms with van der Waals surface area (Å²) in [6.07, 6.45) is 0. The minimum absolute atomic E-state index is 0.0375. The largest absolute Gasteiger partial charge is 0.497 e. The summed E-state index contributed by atoms with van der Waals surface area (Å²) in [6, 6.07) is 28.1. The Hall–Kier alpha value is -4.41. The quantitative estimate of drug-likeness (QED) is 0.231. The summed E-state index contributed by atoms with van der Waals surface area (Å²) in [5, 5.41) is 13.3. The van der Waals surface area contributed by atoms with E-state index in [9.17, 15) is 14.9 Å². The van der Waals surface area contributed by atoms with Crippen molar-refractivity contribution < 1.29 is 14.3 Å². The molecule has 1 heterocycles. The highest BCUT2D eigenvalue weighted by atomic mass is 32.2. The second-order valence-corrected chi connectivity index (χ2v) is 8.88. The Balaban J connectivity index is 1.63. The van der Waals surface area contributed by atoms with Gasteiger partial charge in [0.25, 0.3) is 0 Å². The van der Waals surface area contributed by atoms with Crippen molar-refractivity contribution in [3.8, 4) is 34.2 Å². The number of amides is 1. The van der Waals surface area contributed by atoms with E-state index in [1.54, 1.807) is 31.4 Å². The second-order valence-electron chi connectivity index (χ2n) is 7.91. The lowest BCUT2D eigenvalue weighted by atomic mass is 9.99. The zero-order valence-corrected chi connectivity index (χ0v) is 20.6. The van der Waals surface area contributed by atoms with Gasteiger partial charge in [0.15, 0.2) is 5.78 Å². The number of Topliss-reactive ketones (excluding diaryl/α,β-unsaturated/α-hetero) is 1. The van der Waals surface area contributed by atoms with Gasteiger partial charge in [0, 0.05) is 22.4 Å². The van der Waals surface area contributed by atoms with Crippen LogP contribution in [-0.2, 0) is 4.79 Å². The van der Waals surface area contributed by atoms with E-state index in [2.05, 4.69) is 11.4 Å². The first kappa shape index (κ1) is 24.7. The Morgan fingerprint density at radius 3 is 2.28 bits per heavy atom. The van der Waals surface area contributed by atoms with Crippen LogP contribution in [0.1, 0.15) is 22.8 Å². The van der Waals surface area contributed by atoms with Crippen molar-refractivity contribution in [2.24, 2.45) is 0 Å². The number of hydrogen-bond donors (Lipinski definition) is 1. The first-order valence-corrected chi connectivity index (χ1v) is 12.2. The van der Waals surface area contributed by atoms with Gasteiger partial charge in [-0.05, 0) is 55.0 Å². The number of thioether (sulfide) groups is 1. The van der Waals surface area contributed by atoms with Crippen molar-refractivity contribution in [2.75, 3.05) is 18.2 Å². The maximum Gasteiger partial charge on any atom is 0.234 e. The van der Waals surface area contributed by atoms with Crippen LogP contribution >= 0.6 is 11.8 Å². The van der Waals surface area contributed by atoms with E-state index in [0.29, 0.717) is 27.5 Å². The molecular formula is C29H23N3O3S. The van der Waals surface area contributed by atoms with Crippen LogP contribution in [0.15, 0.2) is 90.0 Å². The van der Waals surface area contributed by atoms with E-state index in [1.807, 2.05) is 60.7 Å². The summed E-state index contributed by atoms with van der Waals surface area (Å²) in [4.78, 5) is 28.9. The van der Waals surface area contributed by atoms with Gasteiger partial charge >= 0.3 is 0 Å². The monoisotopic (exact) mass is 493 g/mol. The number of nitrogens with zero attached hydrogens (tertiary/aromatic N) is 2. The molecule has 0 unspecified atom stereocenters. The molecule has 178 valence electrons. The van der Waals surface area contributed by atoms with E-state index in [-0.39, 0.29) is 17.4 Å². The summed E-state index contributed by atoms with van der Waals surface area (Å²) in [6.45, 7) is 1.49. The number of aromatic nitrogens is 1. The number of hydrogen-bond acceptors (Lipinski definition) is 6. The number of nitrogens with one attached hydrogen (secondary N) is 1. The molecule has 0 fully saturated rings. The molecule has 0 saturated carbocycles. The third-order valence-corrected chi connectivity index (χ3v) is 6.46. The van der Waals surface area contributed by atoms with Crippen LogP contribution in [0.3, 0.4) is 0 Å². The highest BCUT2D eigenvalue weighted by Crippen LogP contribution is 2.35. The topological polar surface area (TPSA) is 92.1 Å². The Bertz CT molecular complexity index is 1430. The number of carbonyl (C=O) groups excluding carboxylic acids is 2. The van der Waals surface area contributed by atoms with Crippen molar-refractivity contribution in [1.29, 1.82) is 5.26 Å². The summed E-state index contributed by atoms with van der Waals surface area (Å²) >= 11 is 1.21. The zero-order valence-electron chi connectivity index (χ0n) is 19.8. The molecule has 0 radical (unpaired) electrons. The molecule has 1 aromatic heterocycles. The van der Waals surface area contributed by atoms with Crippen molar-refractivity contribution >= 4 is 29.1 Å². The standard InChI is InChI=1S/C29H23N3O3S/c1-19(33)20-8-12-23(13-9-20)31-28(34)18-36-29-26(17-30)25(21-10-14-24(35-2)15-11-21)16-27(32-29)22-6-4-3-5-7-22/h3-16H,18H2,1-2H3,(H,31,34). The third-order valence-electron chi connectivity index (χ3n) is 5.48. The molecule has 0 aliphatic heterocycles. The Morgan fingerprint density at radius 1 is 0.972 bits per heavy atom. The molecule has 3 aromatic carbocycles. The van der Waals surface area contributed by atoms with Crippen molar-refractivity contribution in [3.05, 3.63) is 96.1 Å². The van der Waals surface area contributed by atoms with Crippen LogP contribution in [0.25, 0.3) is 22.4 Å². The predicted octanol–water partition coefficient (Wildman–Crippen LogP) is 6.23. The molecule has 1 amide bonds. The van der Waals surface area contributed by atoms with E-state index in [4.69, 9.17) is 9.72 Å². The molecule has 36 heavy (non-hydrogen) atoms. The number of methoxy groups -OCH3 is 1. The normalized spacial score (nSPS) is 10.4. The van der Waals surface area contributed by atoms with Gasteiger partial charge in [-0.1, -0.05) is 54.2 Å². The molecule has 4 aromatic rings. The highest BCUT2D eigenvalue weighted by Gasteiger charge is 2.17. The summed E-state index contributed by atoms with van der Waals surface area (Å²) < 4.78 is 5.27. The van der Waals surface area contributed by atoms with Crippen LogP contribution in [0.5, 0.6) is 5.75 Å². The van der Waals surface area contributed by atoms with Crippen LogP contribution < -0.4 is 10.1 Å². The SMILES string of the molecule is COc1ccc(-c2cc(-c3ccccc3)nc(SCC(=O)Nc3ccc(C(C)=O)cc3)c2C#N)cc1. The molecule has 0 spiro atoms. The minimum atomic E-state index is -0.239. The number of pyridine rings is 1. The molecule has 0 atom stereocenters. The van der Waals surface area contributed by atoms with E-state index in [0.717, 1.165) is 22.4 Å². The maximum absolute atomic E-state index is 12.7. The molecule has 4 rings (SSSR count). The van der Waals surface area contributed by atoms with Crippen LogP contribution in [0.2, 0.25) is 0 Å². The maximum atomic E-state index is 12.7. The van der Waals surface area contributed by atoms with E-state index in [1.165, 1.54) is 18.7 Å². The van der Waals surface area contributed by atoms with Crippen molar-refractivity contribution in [1.82, 2.24) is 4.98 Å². The van der Waals surface area contributed by atoms with Gasteiger partial charge in [-0.2, -0.15) is 5.26 Å². The first-order valence-electron chi connectivity index (χ1n) is 11.2. The lowest BCUT2D eigenvalue weighted by molar-refractivity contribution is -0.113.